The molecule has 0 unspecified atom stereocenters. The zero-order valence-corrected chi connectivity index (χ0v) is 10.0. The van der Waals surface area contributed by atoms with Crippen molar-refractivity contribution in [3.8, 4) is 5.75 Å². The lowest BCUT2D eigenvalue weighted by Crippen LogP contribution is -2.03. The number of ether oxygens (including phenoxy) is 1. The summed E-state index contributed by atoms with van der Waals surface area (Å²) in [6.07, 6.45) is 0. The lowest BCUT2D eigenvalue weighted by molar-refractivity contribution is 0.103. The molecule has 0 radical (unpaired) electrons. The lowest BCUT2D eigenvalue weighted by atomic mass is 10.0. The molecule has 0 amide bonds. The summed E-state index contributed by atoms with van der Waals surface area (Å²) in [6.45, 7) is 0. The third-order valence-electron chi connectivity index (χ3n) is 2.67. The molecule has 4 nitrogen and oxygen atoms in total. The van der Waals surface area contributed by atoms with Crippen LogP contribution in [0, 0.1) is 0 Å². The first-order valence-electron chi connectivity index (χ1n) is 5.45. The van der Waals surface area contributed by atoms with Gasteiger partial charge in [-0.1, -0.05) is 0 Å². The van der Waals surface area contributed by atoms with Gasteiger partial charge >= 0.3 is 0 Å². The van der Waals surface area contributed by atoms with Crippen molar-refractivity contribution in [2.24, 2.45) is 0 Å². The van der Waals surface area contributed by atoms with Crippen LogP contribution in [0.15, 0.2) is 42.5 Å². The topological polar surface area (TPSA) is 78.3 Å². The van der Waals surface area contributed by atoms with Crippen LogP contribution in [0.3, 0.4) is 0 Å². The highest BCUT2D eigenvalue weighted by Crippen LogP contribution is 2.23. The highest BCUT2D eigenvalue weighted by Gasteiger charge is 2.11. The van der Waals surface area contributed by atoms with Crippen LogP contribution in [0.1, 0.15) is 15.9 Å². The standard InChI is InChI=1S/C14H14N2O2/c1-18-13-8-10(4-7-12(13)16)14(17)9-2-5-11(15)6-3-9/h2-8H,15-16H2,1H3. The summed E-state index contributed by atoms with van der Waals surface area (Å²) in [4.78, 5) is 12.2. The number of ketones is 1. The van der Waals surface area contributed by atoms with Gasteiger partial charge in [0.05, 0.1) is 12.8 Å². The molecule has 92 valence electrons. The fourth-order valence-corrected chi connectivity index (χ4v) is 1.65. The van der Waals surface area contributed by atoms with E-state index in [1.165, 1.54) is 7.11 Å². The van der Waals surface area contributed by atoms with Crippen molar-refractivity contribution in [2.75, 3.05) is 18.6 Å². The monoisotopic (exact) mass is 242 g/mol. The van der Waals surface area contributed by atoms with Crippen LogP contribution in [0.2, 0.25) is 0 Å². The molecule has 0 aliphatic carbocycles. The van der Waals surface area contributed by atoms with Crippen molar-refractivity contribution in [3.05, 3.63) is 53.6 Å². The molecule has 0 saturated carbocycles. The van der Waals surface area contributed by atoms with Gasteiger partial charge in [0.15, 0.2) is 5.78 Å². The van der Waals surface area contributed by atoms with Crippen LogP contribution in [-0.2, 0) is 0 Å². The van der Waals surface area contributed by atoms with E-state index in [1.54, 1.807) is 42.5 Å². The minimum atomic E-state index is -0.0895. The van der Waals surface area contributed by atoms with E-state index in [9.17, 15) is 4.79 Å². The van der Waals surface area contributed by atoms with E-state index in [2.05, 4.69) is 0 Å². The number of hydrogen-bond acceptors (Lipinski definition) is 4. The summed E-state index contributed by atoms with van der Waals surface area (Å²) in [5.74, 6) is 0.407. The van der Waals surface area contributed by atoms with E-state index in [4.69, 9.17) is 16.2 Å². The van der Waals surface area contributed by atoms with Crippen LogP contribution in [0.25, 0.3) is 0 Å². The van der Waals surface area contributed by atoms with Crippen LogP contribution >= 0.6 is 0 Å². The van der Waals surface area contributed by atoms with Gasteiger partial charge in [-0.15, -0.1) is 0 Å². The van der Waals surface area contributed by atoms with E-state index in [1.807, 2.05) is 0 Å². The molecule has 0 atom stereocenters. The second-order valence-corrected chi connectivity index (χ2v) is 3.91. The molecule has 0 heterocycles. The average molecular weight is 242 g/mol. The number of nitrogens with two attached hydrogens (primary N) is 2. The molecule has 4 heteroatoms. The van der Waals surface area contributed by atoms with Gasteiger partial charge in [-0.05, 0) is 42.5 Å². The lowest BCUT2D eigenvalue weighted by Gasteiger charge is -2.07. The maximum Gasteiger partial charge on any atom is 0.193 e. The summed E-state index contributed by atoms with van der Waals surface area (Å²) in [7, 11) is 1.52. The summed E-state index contributed by atoms with van der Waals surface area (Å²) < 4.78 is 5.09. The predicted octanol–water partition coefficient (Wildman–Crippen LogP) is 2.09. The number of methoxy groups -OCH3 is 1. The second-order valence-electron chi connectivity index (χ2n) is 3.91. The van der Waals surface area contributed by atoms with Crippen LogP contribution < -0.4 is 16.2 Å². The molecule has 0 aromatic heterocycles. The number of hydrogen-bond donors (Lipinski definition) is 2. The van der Waals surface area contributed by atoms with E-state index in [-0.39, 0.29) is 5.78 Å². The number of nitrogen functional groups attached to an aromatic ring is 2. The molecule has 0 bridgehead atoms. The first kappa shape index (κ1) is 12.0. The minimum absolute atomic E-state index is 0.0895. The van der Waals surface area contributed by atoms with Crippen molar-refractivity contribution in [3.63, 3.8) is 0 Å². The largest absolute Gasteiger partial charge is 0.495 e. The quantitative estimate of drug-likeness (QED) is 0.638. The number of carbonyl (C=O) groups excluding carboxylic acids is 1. The van der Waals surface area contributed by atoms with Gasteiger partial charge in [-0.2, -0.15) is 0 Å². The molecule has 2 aromatic rings. The Labute approximate surface area is 105 Å². The predicted molar refractivity (Wildman–Crippen MR) is 71.7 cm³/mol. The maximum absolute atomic E-state index is 12.2. The maximum atomic E-state index is 12.2. The smallest absolute Gasteiger partial charge is 0.193 e. The summed E-state index contributed by atoms with van der Waals surface area (Å²) >= 11 is 0. The van der Waals surface area contributed by atoms with Crippen molar-refractivity contribution in [1.29, 1.82) is 0 Å². The molecule has 0 fully saturated rings. The first-order chi connectivity index (χ1) is 8.61. The number of anilines is 2. The molecule has 0 aliphatic heterocycles. The van der Waals surface area contributed by atoms with E-state index in [0.29, 0.717) is 28.3 Å². The van der Waals surface area contributed by atoms with Gasteiger partial charge < -0.3 is 16.2 Å². The van der Waals surface area contributed by atoms with Gasteiger partial charge in [-0.25, -0.2) is 0 Å². The minimum Gasteiger partial charge on any atom is -0.495 e. The Balaban J connectivity index is 2.37. The molecule has 0 aliphatic rings. The first-order valence-corrected chi connectivity index (χ1v) is 5.45. The van der Waals surface area contributed by atoms with Gasteiger partial charge in [0.25, 0.3) is 0 Å². The summed E-state index contributed by atoms with van der Waals surface area (Å²) in [6, 6.07) is 11.7. The fraction of sp³-hybridized carbons (Fsp3) is 0.0714. The summed E-state index contributed by atoms with van der Waals surface area (Å²) in [5, 5.41) is 0. The highest BCUT2D eigenvalue weighted by atomic mass is 16.5. The fourth-order valence-electron chi connectivity index (χ4n) is 1.65. The van der Waals surface area contributed by atoms with Crippen molar-refractivity contribution in [1.82, 2.24) is 0 Å². The second kappa shape index (κ2) is 4.79. The molecule has 2 rings (SSSR count). The van der Waals surface area contributed by atoms with E-state index < -0.39 is 0 Å². The molecule has 4 N–H and O–H groups in total. The number of benzene rings is 2. The van der Waals surface area contributed by atoms with Crippen LogP contribution in [-0.4, -0.2) is 12.9 Å². The molecule has 0 saturated heterocycles. The number of carbonyl (C=O) groups is 1. The van der Waals surface area contributed by atoms with E-state index >= 15 is 0 Å². The zero-order chi connectivity index (χ0) is 13.1. The van der Waals surface area contributed by atoms with Gasteiger partial charge in [0, 0.05) is 16.8 Å². The normalized spacial score (nSPS) is 10.1. The van der Waals surface area contributed by atoms with Gasteiger partial charge in [-0.3, -0.25) is 4.79 Å². The Morgan fingerprint density at radius 3 is 2.22 bits per heavy atom. The van der Waals surface area contributed by atoms with Crippen LogP contribution in [0.5, 0.6) is 5.75 Å². The molecular weight excluding hydrogens is 228 g/mol. The Morgan fingerprint density at radius 2 is 1.61 bits per heavy atom. The third kappa shape index (κ3) is 2.27. The Hall–Kier alpha value is -2.49. The van der Waals surface area contributed by atoms with Crippen molar-refractivity contribution in [2.45, 2.75) is 0 Å². The molecule has 0 spiro atoms. The van der Waals surface area contributed by atoms with Crippen molar-refractivity contribution < 1.29 is 9.53 Å². The van der Waals surface area contributed by atoms with Gasteiger partial charge in [0.1, 0.15) is 5.75 Å². The third-order valence-corrected chi connectivity index (χ3v) is 2.67. The summed E-state index contributed by atoms with van der Waals surface area (Å²) in [5.41, 5.74) is 13.5. The van der Waals surface area contributed by atoms with Gasteiger partial charge in [0.2, 0.25) is 0 Å². The number of rotatable bonds is 3. The average Bonchev–Trinajstić information content (AvgIpc) is 2.39. The van der Waals surface area contributed by atoms with Crippen molar-refractivity contribution >= 4 is 17.2 Å². The Morgan fingerprint density at radius 1 is 1.00 bits per heavy atom. The Bertz CT molecular complexity index is 577. The highest BCUT2D eigenvalue weighted by molar-refractivity contribution is 6.09. The molecule has 18 heavy (non-hydrogen) atoms. The Kier molecular flexibility index (Phi) is 3.19. The molecular formula is C14H14N2O2. The van der Waals surface area contributed by atoms with E-state index in [0.717, 1.165) is 0 Å². The van der Waals surface area contributed by atoms with Crippen LogP contribution in [0.4, 0.5) is 11.4 Å². The molecule has 2 aromatic carbocycles. The SMILES string of the molecule is COc1cc(C(=O)c2ccc(N)cc2)ccc1N. The zero-order valence-electron chi connectivity index (χ0n) is 10.0.